The molecule has 0 aliphatic carbocycles. The number of alkyl halides is 1. The normalized spacial score (nSPS) is 11.4. The van der Waals surface area contributed by atoms with Gasteiger partial charge < -0.3 is 9.09 Å². The molecule has 0 atom stereocenters. The maximum atomic E-state index is 13.7. The standard InChI is InChI=1S/C12H9ClF2N4O/c1-6-16-11(20-18-6)5-19-9-3-7(14)2-8(15)12(9)17-10(19)4-13/h2-3H,4-5H2,1H3. The van der Waals surface area contributed by atoms with Crippen LogP contribution in [0.3, 0.4) is 0 Å². The van der Waals surface area contributed by atoms with Crippen LogP contribution < -0.4 is 0 Å². The predicted octanol–water partition coefficient (Wildman–Crippen LogP) is 2.79. The number of imidazole rings is 1. The average Bonchev–Trinajstić information content (AvgIpc) is 2.95. The lowest BCUT2D eigenvalue weighted by atomic mass is 10.3. The number of hydrogen-bond acceptors (Lipinski definition) is 4. The zero-order valence-corrected chi connectivity index (χ0v) is 11.2. The molecule has 2 aromatic heterocycles. The number of fused-ring (bicyclic) bond motifs is 1. The zero-order valence-electron chi connectivity index (χ0n) is 10.4. The Morgan fingerprint density at radius 1 is 1.30 bits per heavy atom. The Morgan fingerprint density at radius 3 is 2.75 bits per heavy atom. The molecule has 3 aromatic rings. The molecule has 0 amide bonds. The van der Waals surface area contributed by atoms with Crippen molar-refractivity contribution in [1.82, 2.24) is 19.7 Å². The molecular weight excluding hydrogens is 290 g/mol. The van der Waals surface area contributed by atoms with E-state index in [0.29, 0.717) is 23.1 Å². The highest BCUT2D eigenvalue weighted by molar-refractivity contribution is 6.16. The van der Waals surface area contributed by atoms with Gasteiger partial charge in [0, 0.05) is 6.07 Å². The van der Waals surface area contributed by atoms with Gasteiger partial charge >= 0.3 is 0 Å². The van der Waals surface area contributed by atoms with Gasteiger partial charge in [-0.2, -0.15) is 4.98 Å². The number of hydrogen-bond donors (Lipinski definition) is 0. The summed E-state index contributed by atoms with van der Waals surface area (Å²) >= 11 is 5.80. The minimum Gasteiger partial charge on any atom is -0.337 e. The number of aryl methyl sites for hydroxylation is 1. The molecule has 0 spiro atoms. The molecule has 5 nitrogen and oxygen atoms in total. The molecule has 0 bridgehead atoms. The first-order chi connectivity index (χ1) is 9.58. The van der Waals surface area contributed by atoms with Crippen LogP contribution in [0.4, 0.5) is 8.78 Å². The van der Waals surface area contributed by atoms with E-state index in [1.54, 1.807) is 11.5 Å². The summed E-state index contributed by atoms with van der Waals surface area (Å²) in [7, 11) is 0. The molecule has 2 heterocycles. The van der Waals surface area contributed by atoms with Crippen molar-refractivity contribution in [3.63, 3.8) is 0 Å². The van der Waals surface area contributed by atoms with Gasteiger partial charge in [-0.1, -0.05) is 5.16 Å². The molecule has 0 saturated carbocycles. The van der Waals surface area contributed by atoms with Gasteiger partial charge in [0.2, 0.25) is 5.89 Å². The van der Waals surface area contributed by atoms with Gasteiger partial charge in [-0.05, 0) is 13.0 Å². The maximum absolute atomic E-state index is 13.7. The molecule has 0 unspecified atom stereocenters. The molecule has 1 aromatic carbocycles. The van der Waals surface area contributed by atoms with E-state index in [4.69, 9.17) is 16.1 Å². The monoisotopic (exact) mass is 298 g/mol. The SMILES string of the molecule is Cc1noc(Cn2c(CCl)nc3c(F)cc(F)cc32)n1. The lowest BCUT2D eigenvalue weighted by Crippen LogP contribution is -2.04. The van der Waals surface area contributed by atoms with Crippen molar-refractivity contribution >= 4 is 22.6 Å². The fraction of sp³-hybridized carbons (Fsp3) is 0.250. The Kier molecular flexibility index (Phi) is 3.13. The summed E-state index contributed by atoms with van der Waals surface area (Å²) < 4.78 is 33.6. The first kappa shape index (κ1) is 13.0. The number of halogens is 3. The van der Waals surface area contributed by atoms with Crippen molar-refractivity contribution < 1.29 is 13.3 Å². The van der Waals surface area contributed by atoms with E-state index in [1.807, 2.05) is 0 Å². The van der Waals surface area contributed by atoms with Gasteiger partial charge in [-0.15, -0.1) is 11.6 Å². The minimum atomic E-state index is -0.730. The van der Waals surface area contributed by atoms with E-state index in [0.717, 1.165) is 6.07 Å². The van der Waals surface area contributed by atoms with Crippen LogP contribution >= 0.6 is 11.6 Å². The first-order valence-corrected chi connectivity index (χ1v) is 6.31. The van der Waals surface area contributed by atoms with E-state index in [1.165, 1.54) is 6.07 Å². The largest absolute Gasteiger partial charge is 0.337 e. The van der Waals surface area contributed by atoms with Crippen LogP contribution in [0, 0.1) is 18.6 Å². The van der Waals surface area contributed by atoms with Crippen LogP contribution in [-0.4, -0.2) is 19.7 Å². The summed E-state index contributed by atoms with van der Waals surface area (Å²) in [5.74, 6) is -0.150. The molecule has 0 saturated heterocycles. The van der Waals surface area contributed by atoms with Gasteiger partial charge in [0.1, 0.15) is 23.7 Å². The first-order valence-electron chi connectivity index (χ1n) is 5.78. The zero-order chi connectivity index (χ0) is 14.3. The summed E-state index contributed by atoms with van der Waals surface area (Å²) in [5, 5.41) is 3.67. The van der Waals surface area contributed by atoms with Crippen molar-refractivity contribution in [2.75, 3.05) is 0 Å². The molecule has 0 aliphatic heterocycles. The Hall–Kier alpha value is -2.02. The summed E-state index contributed by atoms with van der Waals surface area (Å²) in [6, 6.07) is 1.99. The van der Waals surface area contributed by atoms with E-state index in [2.05, 4.69) is 15.1 Å². The van der Waals surface area contributed by atoms with Gasteiger partial charge in [0.05, 0.1) is 11.4 Å². The minimum absolute atomic E-state index is 0.0584. The number of benzene rings is 1. The highest BCUT2D eigenvalue weighted by atomic mass is 35.5. The lowest BCUT2D eigenvalue weighted by Gasteiger charge is -2.04. The molecule has 0 aliphatic rings. The predicted molar refractivity (Wildman–Crippen MR) is 67.3 cm³/mol. The Balaban J connectivity index is 2.17. The van der Waals surface area contributed by atoms with Gasteiger partial charge in [-0.3, -0.25) is 0 Å². The second-order valence-corrected chi connectivity index (χ2v) is 4.51. The van der Waals surface area contributed by atoms with Gasteiger partial charge in [0.25, 0.3) is 0 Å². The highest BCUT2D eigenvalue weighted by Crippen LogP contribution is 2.22. The average molecular weight is 299 g/mol. The maximum Gasteiger partial charge on any atom is 0.246 e. The molecule has 8 heteroatoms. The third-order valence-electron chi connectivity index (χ3n) is 2.83. The van der Waals surface area contributed by atoms with Crippen molar-refractivity contribution in [3.8, 4) is 0 Å². The quantitative estimate of drug-likeness (QED) is 0.698. The molecule has 0 N–H and O–H groups in total. The van der Waals surface area contributed by atoms with Crippen molar-refractivity contribution in [1.29, 1.82) is 0 Å². The Morgan fingerprint density at radius 2 is 2.10 bits per heavy atom. The molecular formula is C12H9ClF2N4O. The second kappa shape index (κ2) is 4.82. The molecule has 0 radical (unpaired) electrons. The van der Waals surface area contributed by atoms with Crippen molar-refractivity contribution in [2.24, 2.45) is 0 Å². The topological polar surface area (TPSA) is 56.7 Å². The summed E-state index contributed by atoms with van der Waals surface area (Å²) in [5.41, 5.74) is 0.368. The number of aromatic nitrogens is 4. The summed E-state index contributed by atoms with van der Waals surface area (Å²) in [6.45, 7) is 1.84. The second-order valence-electron chi connectivity index (χ2n) is 4.24. The van der Waals surface area contributed by atoms with Crippen molar-refractivity contribution in [3.05, 3.63) is 41.3 Å². The Labute approximate surface area is 117 Å². The summed E-state index contributed by atoms with van der Waals surface area (Å²) in [4.78, 5) is 8.13. The van der Waals surface area contributed by atoms with Crippen LogP contribution in [0.5, 0.6) is 0 Å². The molecule has 104 valence electrons. The van der Waals surface area contributed by atoms with E-state index in [-0.39, 0.29) is 17.9 Å². The lowest BCUT2D eigenvalue weighted by molar-refractivity contribution is 0.368. The fourth-order valence-corrected chi connectivity index (χ4v) is 2.22. The van der Waals surface area contributed by atoms with Gasteiger partial charge in [-0.25, -0.2) is 13.8 Å². The highest BCUT2D eigenvalue weighted by Gasteiger charge is 2.17. The number of rotatable bonds is 3. The molecule has 0 fully saturated rings. The van der Waals surface area contributed by atoms with E-state index < -0.39 is 11.6 Å². The third kappa shape index (κ3) is 2.14. The van der Waals surface area contributed by atoms with Crippen LogP contribution in [0.1, 0.15) is 17.5 Å². The third-order valence-corrected chi connectivity index (χ3v) is 3.07. The Bertz CT molecular complexity index is 783. The molecule has 3 rings (SSSR count). The van der Waals surface area contributed by atoms with Crippen molar-refractivity contribution in [2.45, 2.75) is 19.3 Å². The van der Waals surface area contributed by atoms with E-state index >= 15 is 0 Å². The van der Waals surface area contributed by atoms with Crippen LogP contribution in [0.15, 0.2) is 16.7 Å². The van der Waals surface area contributed by atoms with E-state index in [9.17, 15) is 8.78 Å². The smallest absolute Gasteiger partial charge is 0.246 e. The van der Waals surface area contributed by atoms with Gasteiger partial charge in [0.15, 0.2) is 11.6 Å². The fourth-order valence-electron chi connectivity index (χ4n) is 2.02. The van der Waals surface area contributed by atoms with Crippen LogP contribution in [0.2, 0.25) is 0 Å². The molecule has 20 heavy (non-hydrogen) atoms. The summed E-state index contributed by atoms with van der Waals surface area (Å²) in [6.07, 6.45) is 0. The van der Waals surface area contributed by atoms with Crippen LogP contribution in [0.25, 0.3) is 11.0 Å². The van der Waals surface area contributed by atoms with Crippen LogP contribution in [-0.2, 0) is 12.4 Å². The number of nitrogens with zero attached hydrogens (tertiary/aromatic N) is 4.